The highest BCUT2D eigenvalue weighted by Crippen LogP contribution is 2.29. The van der Waals surface area contributed by atoms with E-state index in [1.165, 1.54) is 7.11 Å². The van der Waals surface area contributed by atoms with Crippen LogP contribution in [0.15, 0.2) is 18.2 Å². The first-order valence-electron chi connectivity index (χ1n) is 7.27. The van der Waals surface area contributed by atoms with E-state index in [4.69, 9.17) is 9.47 Å². The van der Waals surface area contributed by atoms with Gasteiger partial charge in [0.15, 0.2) is 17.3 Å². The molecule has 0 aliphatic heterocycles. The third kappa shape index (κ3) is 7.36. The van der Waals surface area contributed by atoms with Gasteiger partial charge in [-0.2, -0.15) is 0 Å². The molecule has 1 aromatic rings. The summed E-state index contributed by atoms with van der Waals surface area (Å²) in [6, 6.07) is 4.80. The Morgan fingerprint density at radius 1 is 1.17 bits per heavy atom. The summed E-state index contributed by atoms with van der Waals surface area (Å²) in [6.45, 7) is 3.42. The minimum absolute atomic E-state index is 0.0205. The second-order valence-corrected chi connectivity index (χ2v) is 5.38. The number of rotatable bonds is 9. The molecule has 1 rings (SSSR count). The van der Waals surface area contributed by atoms with Crippen LogP contribution >= 0.6 is 0 Å². The third-order valence-corrected chi connectivity index (χ3v) is 2.89. The molecule has 0 radical (unpaired) electrons. The topological polar surface area (TPSA) is 44.8 Å². The van der Waals surface area contributed by atoms with Crippen LogP contribution < -0.4 is 9.47 Å². The first kappa shape index (κ1) is 19.3. The van der Waals surface area contributed by atoms with Gasteiger partial charge in [-0.05, 0) is 24.1 Å². The normalized spacial score (nSPS) is 11.6. The Bertz CT molecular complexity index is 513. The van der Waals surface area contributed by atoms with E-state index in [0.29, 0.717) is 23.5 Å². The lowest BCUT2D eigenvalue weighted by atomic mass is 10.0. The van der Waals surface area contributed by atoms with Crippen LogP contribution in [0.4, 0.5) is 13.2 Å². The molecule has 0 amide bonds. The van der Waals surface area contributed by atoms with Gasteiger partial charge < -0.3 is 9.47 Å². The van der Waals surface area contributed by atoms with Crippen LogP contribution in [-0.2, 0) is 4.74 Å². The summed E-state index contributed by atoms with van der Waals surface area (Å²) >= 11 is 0. The fraction of sp³-hybridized carbons (Fsp3) is 0.562. The number of ether oxygens (including phenoxy) is 3. The van der Waals surface area contributed by atoms with Crippen molar-refractivity contribution in [3.8, 4) is 11.5 Å². The molecule has 0 N–H and O–H groups in total. The Morgan fingerprint density at radius 2 is 1.87 bits per heavy atom. The molecule has 1 aromatic carbocycles. The van der Waals surface area contributed by atoms with E-state index in [-0.39, 0.29) is 24.7 Å². The Kier molecular flexibility index (Phi) is 7.35. The summed E-state index contributed by atoms with van der Waals surface area (Å²) in [7, 11) is 1.45. The SMILES string of the molecule is COc1ccc(C(=O)CC(C)C)cc1OCCCOC(F)(F)F. The fourth-order valence-corrected chi connectivity index (χ4v) is 1.88. The highest BCUT2D eigenvalue weighted by atomic mass is 19.4. The zero-order valence-corrected chi connectivity index (χ0v) is 13.4. The predicted molar refractivity (Wildman–Crippen MR) is 78.9 cm³/mol. The zero-order valence-electron chi connectivity index (χ0n) is 13.4. The molecule has 0 bridgehead atoms. The average Bonchev–Trinajstić information content (AvgIpc) is 2.44. The van der Waals surface area contributed by atoms with Gasteiger partial charge in [-0.3, -0.25) is 9.53 Å². The third-order valence-electron chi connectivity index (χ3n) is 2.89. The predicted octanol–water partition coefficient (Wildman–Crippen LogP) is 4.23. The van der Waals surface area contributed by atoms with E-state index in [2.05, 4.69) is 4.74 Å². The van der Waals surface area contributed by atoms with E-state index in [1.54, 1.807) is 18.2 Å². The number of methoxy groups -OCH3 is 1. The first-order chi connectivity index (χ1) is 10.7. The van der Waals surface area contributed by atoms with Crippen LogP contribution in [0.5, 0.6) is 11.5 Å². The van der Waals surface area contributed by atoms with Gasteiger partial charge in [0.05, 0.1) is 20.3 Å². The Balaban J connectivity index is 2.63. The molecular formula is C16H21F3O4. The molecule has 0 aliphatic rings. The van der Waals surface area contributed by atoms with Gasteiger partial charge in [-0.1, -0.05) is 13.8 Å². The van der Waals surface area contributed by atoms with Crippen molar-refractivity contribution < 1.29 is 32.2 Å². The second kappa shape index (κ2) is 8.76. The number of carbonyl (C=O) groups excluding carboxylic acids is 1. The van der Waals surface area contributed by atoms with Crippen LogP contribution in [0.25, 0.3) is 0 Å². The quantitative estimate of drug-likeness (QED) is 0.501. The summed E-state index contributed by atoms with van der Waals surface area (Å²) in [5.74, 6) is 0.957. The number of ketones is 1. The number of alkyl halides is 3. The first-order valence-corrected chi connectivity index (χ1v) is 7.27. The number of hydrogen-bond donors (Lipinski definition) is 0. The van der Waals surface area contributed by atoms with E-state index in [9.17, 15) is 18.0 Å². The Labute approximate surface area is 133 Å². The van der Waals surface area contributed by atoms with Crippen LogP contribution in [0.2, 0.25) is 0 Å². The van der Waals surface area contributed by atoms with E-state index in [1.807, 2.05) is 13.8 Å². The van der Waals surface area contributed by atoms with Gasteiger partial charge in [-0.25, -0.2) is 0 Å². The molecule has 0 heterocycles. The van der Waals surface area contributed by atoms with E-state index < -0.39 is 13.0 Å². The van der Waals surface area contributed by atoms with Crippen molar-refractivity contribution in [1.82, 2.24) is 0 Å². The zero-order chi connectivity index (χ0) is 17.5. The minimum Gasteiger partial charge on any atom is -0.493 e. The molecule has 0 aromatic heterocycles. The number of benzene rings is 1. The molecule has 0 fully saturated rings. The molecule has 0 aliphatic carbocycles. The minimum atomic E-state index is -4.64. The van der Waals surface area contributed by atoms with Crippen molar-refractivity contribution >= 4 is 5.78 Å². The van der Waals surface area contributed by atoms with E-state index in [0.717, 1.165) is 0 Å². The molecule has 23 heavy (non-hydrogen) atoms. The highest BCUT2D eigenvalue weighted by Gasteiger charge is 2.28. The van der Waals surface area contributed by atoms with Gasteiger partial charge in [0.25, 0.3) is 0 Å². The van der Waals surface area contributed by atoms with Gasteiger partial charge in [-0.15, -0.1) is 13.2 Å². The van der Waals surface area contributed by atoms with E-state index >= 15 is 0 Å². The molecule has 0 spiro atoms. The molecule has 0 saturated heterocycles. The molecule has 4 nitrogen and oxygen atoms in total. The van der Waals surface area contributed by atoms with Crippen molar-refractivity contribution in [1.29, 1.82) is 0 Å². The standard InChI is InChI=1S/C16H21F3O4/c1-11(2)9-13(20)12-5-6-14(21-3)15(10-12)22-7-4-8-23-16(17,18)19/h5-6,10-11H,4,7-9H2,1-3H3. The lowest BCUT2D eigenvalue weighted by Crippen LogP contribution is -2.15. The summed E-state index contributed by atoms with van der Waals surface area (Å²) in [4.78, 5) is 12.1. The number of carbonyl (C=O) groups is 1. The Hall–Kier alpha value is -1.76. The maximum atomic E-state index is 12.1. The average molecular weight is 334 g/mol. The van der Waals surface area contributed by atoms with Gasteiger partial charge in [0, 0.05) is 18.4 Å². The monoisotopic (exact) mass is 334 g/mol. The van der Waals surface area contributed by atoms with Gasteiger partial charge in [0.1, 0.15) is 0 Å². The maximum absolute atomic E-state index is 12.1. The van der Waals surface area contributed by atoms with Crippen molar-refractivity contribution in [2.45, 2.75) is 33.1 Å². The van der Waals surface area contributed by atoms with Crippen molar-refractivity contribution in [2.75, 3.05) is 20.3 Å². The smallest absolute Gasteiger partial charge is 0.493 e. The lowest BCUT2D eigenvalue weighted by molar-refractivity contribution is -0.324. The number of halogens is 3. The largest absolute Gasteiger partial charge is 0.522 e. The second-order valence-electron chi connectivity index (χ2n) is 5.38. The van der Waals surface area contributed by atoms with Crippen LogP contribution in [0, 0.1) is 5.92 Å². The molecule has 7 heteroatoms. The van der Waals surface area contributed by atoms with Gasteiger partial charge >= 0.3 is 6.36 Å². The van der Waals surface area contributed by atoms with Gasteiger partial charge in [0.2, 0.25) is 0 Å². The number of Topliss-reactive ketones (excluding diaryl/α,β-unsaturated/α-hetero) is 1. The van der Waals surface area contributed by atoms with Crippen LogP contribution in [-0.4, -0.2) is 32.5 Å². The molecule has 0 unspecified atom stereocenters. The van der Waals surface area contributed by atoms with Crippen molar-refractivity contribution in [2.24, 2.45) is 5.92 Å². The lowest BCUT2D eigenvalue weighted by Gasteiger charge is -2.13. The Morgan fingerprint density at radius 3 is 2.43 bits per heavy atom. The van der Waals surface area contributed by atoms with Crippen LogP contribution in [0.3, 0.4) is 0 Å². The maximum Gasteiger partial charge on any atom is 0.522 e. The fourth-order valence-electron chi connectivity index (χ4n) is 1.88. The number of hydrogen-bond acceptors (Lipinski definition) is 4. The summed E-state index contributed by atoms with van der Waals surface area (Å²) in [5, 5.41) is 0. The summed E-state index contributed by atoms with van der Waals surface area (Å²) < 4.78 is 49.8. The van der Waals surface area contributed by atoms with Crippen molar-refractivity contribution in [3.63, 3.8) is 0 Å². The molecule has 0 atom stereocenters. The molecular weight excluding hydrogens is 313 g/mol. The van der Waals surface area contributed by atoms with Crippen LogP contribution in [0.1, 0.15) is 37.0 Å². The highest BCUT2D eigenvalue weighted by molar-refractivity contribution is 5.96. The molecule has 0 saturated carbocycles. The summed E-state index contributed by atoms with van der Waals surface area (Å²) in [5.41, 5.74) is 0.487. The van der Waals surface area contributed by atoms with Crippen molar-refractivity contribution in [3.05, 3.63) is 23.8 Å². The summed E-state index contributed by atoms with van der Waals surface area (Å²) in [6.07, 6.45) is -4.17. The molecule has 130 valence electrons.